The van der Waals surface area contributed by atoms with Crippen LogP contribution in [-0.2, 0) is 16.6 Å². The summed E-state index contributed by atoms with van der Waals surface area (Å²) in [7, 11) is 0. The van der Waals surface area contributed by atoms with Gasteiger partial charge in [0.1, 0.15) is 0 Å². The zero-order valence-corrected chi connectivity index (χ0v) is 14.6. The van der Waals surface area contributed by atoms with Crippen molar-refractivity contribution in [3.05, 3.63) is 70.8 Å². The second-order valence-corrected chi connectivity index (χ2v) is 7.26. The Labute approximate surface area is 147 Å². The quantitative estimate of drug-likeness (QED) is 0.871. The molecule has 2 aromatic carbocycles. The summed E-state index contributed by atoms with van der Waals surface area (Å²) in [4.78, 5) is 23.7. The summed E-state index contributed by atoms with van der Waals surface area (Å²) in [6, 6.07) is 15.1. The van der Waals surface area contributed by atoms with Crippen molar-refractivity contribution in [2.24, 2.45) is 0 Å². The van der Waals surface area contributed by atoms with Crippen molar-refractivity contribution in [1.82, 2.24) is 5.32 Å². The average molecular weight is 337 g/mol. The van der Waals surface area contributed by atoms with E-state index in [1.54, 1.807) is 24.3 Å². The van der Waals surface area contributed by atoms with Crippen LogP contribution in [0.5, 0.6) is 0 Å². The van der Waals surface area contributed by atoms with Crippen LogP contribution >= 0.6 is 0 Å². The number of aromatic carboxylic acids is 1. The molecule has 1 unspecified atom stereocenters. The zero-order valence-electron chi connectivity index (χ0n) is 14.6. The van der Waals surface area contributed by atoms with Crippen molar-refractivity contribution in [3.8, 4) is 0 Å². The van der Waals surface area contributed by atoms with Gasteiger partial charge in [-0.3, -0.25) is 4.79 Å². The molecule has 130 valence electrons. The molecule has 1 aliphatic rings. The lowest BCUT2D eigenvalue weighted by atomic mass is 9.86. The van der Waals surface area contributed by atoms with Gasteiger partial charge in [0, 0.05) is 6.42 Å². The van der Waals surface area contributed by atoms with Crippen LogP contribution in [0.15, 0.2) is 48.5 Å². The van der Waals surface area contributed by atoms with Gasteiger partial charge in [-0.1, -0.05) is 56.3 Å². The van der Waals surface area contributed by atoms with Crippen LogP contribution in [0.1, 0.15) is 59.8 Å². The third kappa shape index (κ3) is 3.58. The van der Waals surface area contributed by atoms with Crippen LogP contribution in [0, 0.1) is 0 Å². The van der Waals surface area contributed by atoms with Crippen LogP contribution in [-0.4, -0.2) is 17.0 Å². The van der Waals surface area contributed by atoms with Crippen molar-refractivity contribution in [2.45, 2.75) is 44.6 Å². The van der Waals surface area contributed by atoms with E-state index in [9.17, 15) is 14.7 Å². The number of fused-ring (bicyclic) bond motifs is 1. The molecule has 25 heavy (non-hydrogen) atoms. The lowest BCUT2D eigenvalue weighted by molar-refractivity contribution is -0.121. The maximum atomic E-state index is 12.4. The van der Waals surface area contributed by atoms with Gasteiger partial charge in [0.2, 0.25) is 5.91 Å². The van der Waals surface area contributed by atoms with Crippen LogP contribution in [0.2, 0.25) is 0 Å². The first kappa shape index (κ1) is 17.2. The van der Waals surface area contributed by atoms with E-state index in [0.29, 0.717) is 12.0 Å². The van der Waals surface area contributed by atoms with Crippen LogP contribution < -0.4 is 5.32 Å². The second kappa shape index (κ2) is 6.71. The summed E-state index contributed by atoms with van der Waals surface area (Å²) in [5, 5.41) is 12.4. The van der Waals surface area contributed by atoms with Gasteiger partial charge in [-0.25, -0.2) is 4.79 Å². The summed E-state index contributed by atoms with van der Waals surface area (Å²) in [5.41, 5.74) is 3.48. The van der Waals surface area contributed by atoms with Gasteiger partial charge in [-0.05, 0) is 41.0 Å². The van der Waals surface area contributed by atoms with E-state index in [4.69, 9.17) is 0 Å². The number of hydrogen-bond donors (Lipinski definition) is 2. The Morgan fingerprint density at radius 1 is 1.12 bits per heavy atom. The van der Waals surface area contributed by atoms with Gasteiger partial charge in [-0.2, -0.15) is 0 Å². The molecular formula is C21H23NO3. The van der Waals surface area contributed by atoms with E-state index < -0.39 is 5.97 Å². The standard InChI is InChI=1S/C21H23NO3/c1-21(2)13-18(16-9-5-6-10-17(16)21)22-19(23)12-11-14-7-3-4-8-15(14)20(24)25/h3-10,18H,11-13H2,1-2H3,(H,22,23)(H,24,25). The molecule has 3 rings (SSSR count). The fourth-order valence-electron chi connectivity index (χ4n) is 3.74. The highest BCUT2D eigenvalue weighted by Gasteiger charge is 2.36. The monoisotopic (exact) mass is 337 g/mol. The Morgan fingerprint density at radius 2 is 1.80 bits per heavy atom. The highest BCUT2D eigenvalue weighted by molar-refractivity contribution is 5.89. The number of benzene rings is 2. The normalized spacial score (nSPS) is 17.8. The molecule has 4 nitrogen and oxygen atoms in total. The topological polar surface area (TPSA) is 66.4 Å². The smallest absolute Gasteiger partial charge is 0.335 e. The van der Waals surface area contributed by atoms with Crippen molar-refractivity contribution in [2.75, 3.05) is 0 Å². The molecule has 0 aliphatic heterocycles. The number of carbonyl (C=O) groups excluding carboxylic acids is 1. The number of hydrogen-bond acceptors (Lipinski definition) is 2. The molecule has 0 fully saturated rings. The summed E-state index contributed by atoms with van der Waals surface area (Å²) < 4.78 is 0. The number of amides is 1. The van der Waals surface area contributed by atoms with Gasteiger partial charge in [-0.15, -0.1) is 0 Å². The Bertz CT molecular complexity index is 810. The van der Waals surface area contributed by atoms with E-state index in [0.717, 1.165) is 6.42 Å². The Kier molecular flexibility index (Phi) is 4.62. The maximum Gasteiger partial charge on any atom is 0.335 e. The molecule has 0 radical (unpaired) electrons. The van der Waals surface area contributed by atoms with E-state index >= 15 is 0 Å². The minimum Gasteiger partial charge on any atom is -0.478 e. The number of nitrogens with one attached hydrogen (secondary N) is 1. The van der Waals surface area contributed by atoms with E-state index in [1.807, 2.05) is 12.1 Å². The largest absolute Gasteiger partial charge is 0.478 e. The lowest BCUT2D eigenvalue weighted by Crippen LogP contribution is -2.28. The van der Waals surface area contributed by atoms with E-state index in [1.165, 1.54) is 11.1 Å². The van der Waals surface area contributed by atoms with E-state index in [-0.39, 0.29) is 29.3 Å². The van der Waals surface area contributed by atoms with Crippen LogP contribution in [0.3, 0.4) is 0 Å². The number of rotatable bonds is 5. The molecule has 0 saturated carbocycles. The molecule has 1 aliphatic carbocycles. The van der Waals surface area contributed by atoms with Crippen molar-refractivity contribution in [1.29, 1.82) is 0 Å². The zero-order chi connectivity index (χ0) is 18.0. The van der Waals surface area contributed by atoms with Crippen molar-refractivity contribution < 1.29 is 14.7 Å². The van der Waals surface area contributed by atoms with Gasteiger partial charge < -0.3 is 10.4 Å². The number of carboxylic acid groups (broad SMARTS) is 1. The maximum absolute atomic E-state index is 12.4. The Balaban J connectivity index is 1.66. The van der Waals surface area contributed by atoms with Gasteiger partial charge in [0.05, 0.1) is 11.6 Å². The third-order valence-corrected chi connectivity index (χ3v) is 4.98. The molecule has 0 aromatic heterocycles. The summed E-state index contributed by atoms with van der Waals surface area (Å²) in [6.45, 7) is 4.39. The summed E-state index contributed by atoms with van der Waals surface area (Å²) >= 11 is 0. The SMILES string of the molecule is CC1(C)CC(NC(=O)CCc2ccccc2C(=O)O)c2ccccc21. The second-order valence-electron chi connectivity index (χ2n) is 7.26. The molecule has 2 N–H and O–H groups in total. The minimum absolute atomic E-state index is 0.0217. The first-order valence-electron chi connectivity index (χ1n) is 8.58. The van der Waals surface area contributed by atoms with Crippen molar-refractivity contribution >= 4 is 11.9 Å². The summed E-state index contributed by atoms with van der Waals surface area (Å²) in [5.74, 6) is -1.000. The fraction of sp³-hybridized carbons (Fsp3) is 0.333. The molecule has 4 heteroatoms. The Hall–Kier alpha value is -2.62. The molecule has 0 heterocycles. The average Bonchev–Trinajstić information content (AvgIpc) is 2.84. The number of carboxylic acids is 1. The molecule has 1 atom stereocenters. The highest BCUT2D eigenvalue weighted by Crippen LogP contribution is 2.44. The molecule has 0 bridgehead atoms. The fourth-order valence-corrected chi connectivity index (χ4v) is 3.74. The van der Waals surface area contributed by atoms with Crippen LogP contribution in [0.25, 0.3) is 0 Å². The van der Waals surface area contributed by atoms with Gasteiger partial charge in [0.25, 0.3) is 0 Å². The van der Waals surface area contributed by atoms with Crippen molar-refractivity contribution in [3.63, 3.8) is 0 Å². The lowest BCUT2D eigenvalue weighted by Gasteiger charge is -2.19. The summed E-state index contributed by atoms with van der Waals surface area (Å²) in [6.07, 6.45) is 1.58. The first-order chi connectivity index (χ1) is 11.9. The first-order valence-corrected chi connectivity index (χ1v) is 8.58. The molecule has 2 aromatic rings. The highest BCUT2D eigenvalue weighted by atomic mass is 16.4. The number of carbonyl (C=O) groups is 2. The molecular weight excluding hydrogens is 314 g/mol. The predicted molar refractivity (Wildman–Crippen MR) is 96.7 cm³/mol. The van der Waals surface area contributed by atoms with Gasteiger partial charge in [0.15, 0.2) is 0 Å². The number of aryl methyl sites for hydroxylation is 1. The van der Waals surface area contributed by atoms with E-state index in [2.05, 4.69) is 31.3 Å². The minimum atomic E-state index is -0.956. The molecule has 1 amide bonds. The molecule has 0 spiro atoms. The third-order valence-electron chi connectivity index (χ3n) is 4.98. The van der Waals surface area contributed by atoms with Gasteiger partial charge >= 0.3 is 5.97 Å². The van der Waals surface area contributed by atoms with Crippen LogP contribution in [0.4, 0.5) is 0 Å². The predicted octanol–water partition coefficient (Wildman–Crippen LogP) is 3.86. The molecule has 0 saturated heterocycles. The Morgan fingerprint density at radius 3 is 2.56 bits per heavy atom.